The predicted octanol–water partition coefficient (Wildman–Crippen LogP) is 2.61. The number of rotatable bonds is 4. The number of nitrogens with two attached hydrogens (primary N) is 1. The third kappa shape index (κ3) is 3.05. The third-order valence-corrected chi connectivity index (χ3v) is 5.29. The molecule has 1 aromatic carbocycles. The average Bonchev–Trinajstić information content (AvgIpc) is 3.14. The summed E-state index contributed by atoms with van der Waals surface area (Å²) in [5.74, 6) is 0.0993. The molecule has 0 spiro atoms. The van der Waals surface area contributed by atoms with Gasteiger partial charge in [0.1, 0.15) is 4.88 Å². The summed E-state index contributed by atoms with van der Waals surface area (Å²) in [7, 11) is 0. The van der Waals surface area contributed by atoms with E-state index in [1.807, 2.05) is 30.0 Å². The van der Waals surface area contributed by atoms with E-state index in [2.05, 4.69) is 17.1 Å². The molecule has 1 amide bonds. The summed E-state index contributed by atoms with van der Waals surface area (Å²) in [6.07, 6.45) is 2.83. The maximum Gasteiger partial charge on any atom is 0.266 e. The van der Waals surface area contributed by atoms with E-state index < -0.39 is 0 Å². The van der Waals surface area contributed by atoms with Crippen molar-refractivity contribution in [3.63, 3.8) is 0 Å². The van der Waals surface area contributed by atoms with Crippen LogP contribution < -0.4 is 5.73 Å². The minimum atomic E-state index is 0.0993. The largest absolute Gasteiger partial charge is 0.334 e. The summed E-state index contributed by atoms with van der Waals surface area (Å²) in [5.41, 5.74) is 7.83. The van der Waals surface area contributed by atoms with Gasteiger partial charge in [0.25, 0.3) is 5.91 Å². The van der Waals surface area contributed by atoms with Crippen molar-refractivity contribution in [2.75, 3.05) is 13.1 Å². The molecule has 4 nitrogen and oxygen atoms in total. The first-order valence-electron chi connectivity index (χ1n) is 7.70. The van der Waals surface area contributed by atoms with Gasteiger partial charge in [-0.25, -0.2) is 4.98 Å². The molecule has 3 rings (SSSR count). The van der Waals surface area contributed by atoms with Crippen LogP contribution in [-0.4, -0.2) is 34.9 Å². The molecule has 22 heavy (non-hydrogen) atoms. The van der Waals surface area contributed by atoms with E-state index in [-0.39, 0.29) is 11.9 Å². The number of hydrogen-bond acceptors (Lipinski definition) is 4. The van der Waals surface area contributed by atoms with E-state index in [1.165, 1.54) is 16.9 Å². The minimum absolute atomic E-state index is 0.0993. The molecular weight excluding hydrogens is 294 g/mol. The molecule has 0 bridgehead atoms. The van der Waals surface area contributed by atoms with Gasteiger partial charge in [0.15, 0.2) is 0 Å². The van der Waals surface area contributed by atoms with E-state index >= 15 is 0 Å². The van der Waals surface area contributed by atoms with Crippen molar-refractivity contribution in [2.24, 2.45) is 5.73 Å². The van der Waals surface area contributed by atoms with Crippen molar-refractivity contribution in [1.82, 2.24) is 9.88 Å². The molecule has 0 saturated carbocycles. The van der Waals surface area contributed by atoms with Gasteiger partial charge in [-0.15, -0.1) is 11.3 Å². The molecule has 0 aliphatic carbocycles. The zero-order valence-electron chi connectivity index (χ0n) is 12.8. The summed E-state index contributed by atoms with van der Waals surface area (Å²) < 4.78 is 0. The lowest BCUT2D eigenvalue weighted by atomic mass is 10.2. The second-order valence-electron chi connectivity index (χ2n) is 5.71. The Bertz CT molecular complexity index is 653. The van der Waals surface area contributed by atoms with Crippen LogP contribution in [0.1, 0.15) is 38.8 Å². The van der Waals surface area contributed by atoms with Gasteiger partial charge in [-0.1, -0.05) is 30.3 Å². The molecule has 1 saturated heterocycles. The fraction of sp³-hybridized carbons (Fsp3) is 0.412. The number of hydrogen-bond donors (Lipinski definition) is 1. The van der Waals surface area contributed by atoms with Gasteiger partial charge in [0.05, 0.1) is 10.7 Å². The fourth-order valence-electron chi connectivity index (χ4n) is 2.98. The second-order valence-corrected chi connectivity index (χ2v) is 6.80. The Morgan fingerprint density at radius 1 is 1.41 bits per heavy atom. The first kappa shape index (κ1) is 15.2. The quantitative estimate of drug-likeness (QED) is 0.943. The van der Waals surface area contributed by atoms with Crippen molar-refractivity contribution >= 4 is 17.2 Å². The molecule has 1 aliphatic heterocycles. The Balaban J connectivity index is 1.79. The highest BCUT2D eigenvalue weighted by Crippen LogP contribution is 2.26. The summed E-state index contributed by atoms with van der Waals surface area (Å²) in [5, 5.41) is 0.996. The maximum absolute atomic E-state index is 12.7. The van der Waals surface area contributed by atoms with Crippen LogP contribution in [0.2, 0.25) is 0 Å². The lowest BCUT2D eigenvalue weighted by Crippen LogP contribution is -2.39. The van der Waals surface area contributed by atoms with Gasteiger partial charge in [0.2, 0.25) is 0 Å². The molecule has 1 aromatic heterocycles. The van der Waals surface area contributed by atoms with Crippen molar-refractivity contribution in [2.45, 2.75) is 32.2 Å². The monoisotopic (exact) mass is 315 g/mol. The zero-order chi connectivity index (χ0) is 15.5. The van der Waals surface area contributed by atoms with E-state index in [4.69, 9.17) is 5.73 Å². The van der Waals surface area contributed by atoms with Gasteiger partial charge in [-0.05, 0) is 25.3 Å². The Labute approximate surface area is 135 Å². The van der Waals surface area contributed by atoms with Gasteiger partial charge in [-0.2, -0.15) is 0 Å². The number of likely N-dealkylation sites (tertiary alicyclic amines) is 1. The number of carbonyl (C=O) groups excluding carboxylic acids is 1. The van der Waals surface area contributed by atoms with Crippen LogP contribution in [0.15, 0.2) is 30.3 Å². The molecule has 2 N–H and O–H groups in total. The Morgan fingerprint density at radius 3 is 2.91 bits per heavy atom. The molecular formula is C17H21N3OS. The van der Waals surface area contributed by atoms with Gasteiger partial charge < -0.3 is 10.6 Å². The van der Waals surface area contributed by atoms with Gasteiger partial charge in [-0.3, -0.25) is 4.79 Å². The number of aromatic nitrogens is 1. The Hall–Kier alpha value is -1.72. The molecule has 1 atom stereocenters. The van der Waals surface area contributed by atoms with Gasteiger partial charge in [0, 0.05) is 25.6 Å². The highest BCUT2D eigenvalue weighted by molar-refractivity contribution is 7.13. The molecule has 1 unspecified atom stereocenters. The number of carbonyl (C=O) groups is 1. The van der Waals surface area contributed by atoms with Crippen LogP contribution in [0.25, 0.3) is 0 Å². The summed E-state index contributed by atoms with van der Waals surface area (Å²) in [6, 6.07) is 10.4. The smallest absolute Gasteiger partial charge is 0.266 e. The zero-order valence-corrected chi connectivity index (χ0v) is 13.6. The highest BCUT2D eigenvalue weighted by atomic mass is 32.1. The molecule has 2 heterocycles. The van der Waals surface area contributed by atoms with Crippen LogP contribution in [0.3, 0.4) is 0 Å². The number of nitrogens with zero attached hydrogens (tertiary/aromatic N) is 2. The lowest BCUT2D eigenvalue weighted by molar-refractivity contribution is 0.0745. The summed E-state index contributed by atoms with van der Waals surface area (Å²) in [4.78, 5) is 20.0. The highest BCUT2D eigenvalue weighted by Gasteiger charge is 2.30. The number of aryl methyl sites for hydroxylation is 1. The van der Waals surface area contributed by atoms with E-state index in [9.17, 15) is 4.79 Å². The molecule has 1 aliphatic rings. The van der Waals surface area contributed by atoms with Crippen LogP contribution in [0.5, 0.6) is 0 Å². The normalized spacial score (nSPS) is 17.9. The maximum atomic E-state index is 12.7. The molecule has 2 aromatic rings. The molecule has 1 fully saturated rings. The number of benzene rings is 1. The minimum Gasteiger partial charge on any atom is -0.334 e. The number of thiazole rings is 1. The van der Waals surface area contributed by atoms with E-state index in [0.717, 1.165) is 41.4 Å². The first-order chi connectivity index (χ1) is 10.7. The van der Waals surface area contributed by atoms with Crippen molar-refractivity contribution in [3.05, 3.63) is 51.5 Å². The topological polar surface area (TPSA) is 59.2 Å². The third-order valence-electron chi connectivity index (χ3n) is 4.14. The molecule has 0 radical (unpaired) electrons. The second kappa shape index (κ2) is 6.58. The van der Waals surface area contributed by atoms with E-state index in [0.29, 0.717) is 6.54 Å². The SMILES string of the molecule is Cc1nc(Cc2ccccc2)sc1C(=O)N1CCCC1CN. The molecule has 5 heteroatoms. The Morgan fingerprint density at radius 2 is 2.18 bits per heavy atom. The van der Waals surface area contributed by atoms with Gasteiger partial charge >= 0.3 is 0 Å². The fourth-order valence-corrected chi connectivity index (χ4v) is 4.03. The first-order valence-corrected chi connectivity index (χ1v) is 8.52. The van der Waals surface area contributed by atoms with Crippen LogP contribution in [0.4, 0.5) is 0 Å². The van der Waals surface area contributed by atoms with Crippen molar-refractivity contribution in [1.29, 1.82) is 0 Å². The van der Waals surface area contributed by atoms with Crippen LogP contribution in [0, 0.1) is 6.92 Å². The van der Waals surface area contributed by atoms with Crippen molar-refractivity contribution < 1.29 is 4.79 Å². The summed E-state index contributed by atoms with van der Waals surface area (Å²) >= 11 is 1.52. The van der Waals surface area contributed by atoms with E-state index in [1.54, 1.807) is 0 Å². The van der Waals surface area contributed by atoms with Crippen LogP contribution in [-0.2, 0) is 6.42 Å². The standard InChI is InChI=1S/C17H21N3OS/c1-12-16(17(21)20-9-5-8-14(20)11-18)22-15(19-12)10-13-6-3-2-4-7-13/h2-4,6-7,14H,5,8-11,18H2,1H3. The van der Waals surface area contributed by atoms with Crippen molar-refractivity contribution in [3.8, 4) is 0 Å². The Kier molecular flexibility index (Phi) is 4.55. The molecule has 116 valence electrons. The predicted molar refractivity (Wildman–Crippen MR) is 89.2 cm³/mol. The lowest BCUT2D eigenvalue weighted by Gasteiger charge is -2.22. The number of amides is 1. The average molecular weight is 315 g/mol. The van der Waals surface area contributed by atoms with Crippen LogP contribution >= 0.6 is 11.3 Å². The summed E-state index contributed by atoms with van der Waals surface area (Å²) in [6.45, 7) is 3.28.